The molecule has 0 saturated carbocycles. The zero-order chi connectivity index (χ0) is 16.7. The molecular weight excluding hydrogens is 312 g/mol. The van der Waals surface area contributed by atoms with Gasteiger partial charge in [0.25, 0.3) is 5.91 Å². The molecule has 2 N–H and O–H groups in total. The highest BCUT2D eigenvalue weighted by Crippen LogP contribution is 2.17. The van der Waals surface area contributed by atoms with Crippen molar-refractivity contribution in [2.45, 2.75) is 12.8 Å². The van der Waals surface area contributed by atoms with Crippen molar-refractivity contribution in [1.29, 1.82) is 0 Å². The van der Waals surface area contributed by atoms with Crippen LogP contribution in [0.1, 0.15) is 22.3 Å². The monoisotopic (exact) mass is 330 g/mol. The number of halogens is 1. The molecule has 0 bridgehead atoms. The van der Waals surface area contributed by atoms with E-state index in [0.29, 0.717) is 23.6 Å². The van der Waals surface area contributed by atoms with Gasteiger partial charge < -0.3 is 10.6 Å². The van der Waals surface area contributed by atoms with Crippen LogP contribution in [0.5, 0.6) is 0 Å². The van der Waals surface area contributed by atoms with Gasteiger partial charge in [0.1, 0.15) is 0 Å². The maximum absolute atomic E-state index is 12.7. The van der Waals surface area contributed by atoms with Crippen molar-refractivity contribution in [2.24, 2.45) is 5.73 Å². The van der Waals surface area contributed by atoms with Crippen LogP contribution < -0.4 is 5.73 Å². The number of carbonyl (C=O) groups is 2. The Morgan fingerprint density at radius 2 is 1.61 bits per heavy atom. The minimum absolute atomic E-state index is 0.130. The van der Waals surface area contributed by atoms with E-state index in [1.54, 1.807) is 29.2 Å². The van der Waals surface area contributed by atoms with Gasteiger partial charge in [-0.1, -0.05) is 54.1 Å². The molecule has 0 spiro atoms. The van der Waals surface area contributed by atoms with E-state index in [1.807, 2.05) is 30.3 Å². The van der Waals surface area contributed by atoms with Gasteiger partial charge in [0.05, 0.1) is 10.6 Å². The van der Waals surface area contributed by atoms with Crippen molar-refractivity contribution in [3.8, 4) is 0 Å². The van der Waals surface area contributed by atoms with E-state index >= 15 is 0 Å². The number of nitrogens with two attached hydrogens (primary N) is 1. The Morgan fingerprint density at radius 1 is 0.957 bits per heavy atom. The average Bonchev–Trinajstić information content (AvgIpc) is 2.55. The van der Waals surface area contributed by atoms with E-state index in [0.717, 1.165) is 5.56 Å². The van der Waals surface area contributed by atoms with Crippen LogP contribution in [0.2, 0.25) is 5.02 Å². The SMILES string of the molecule is NC(=O)CCN(CCc1ccccc1)C(=O)c1ccccc1Cl. The van der Waals surface area contributed by atoms with Crippen LogP contribution in [0, 0.1) is 0 Å². The van der Waals surface area contributed by atoms with Crippen LogP contribution in [0.15, 0.2) is 54.6 Å². The quantitative estimate of drug-likeness (QED) is 0.848. The molecule has 2 aromatic rings. The molecule has 5 heteroatoms. The predicted octanol–water partition coefficient (Wildman–Crippen LogP) is 2.90. The molecule has 0 heterocycles. The van der Waals surface area contributed by atoms with Crippen LogP contribution in [0.3, 0.4) is 0 Å². The fourth-order valence-corrected chi connectivity index (χ4v) is 2.49. The maximum Gasteiger partial charge on any atom is 0.255 e. The number of hydrogen-bond donors (Lipinski definition) is 1. The molecule has 2 amide bonds. The molecular formula is C18H19ClN2O2. The molecule has 23 heavy (non-hydrogen) atoms. The minimum atomic E-state index is -0.429. The molecule has 2 rings (SSSR count). The highest BCUT2D eigenvalue weighted by atomic mass is 35.5. The normalized spacial score (nSPS) is 10.3. The summed E-state index contributed by atoms with van der Waals surface area (Å²) in [6.45, 7) is 0.785. The smallest absolute Gasteiger partial charge is 0.255 e. The molecule has 0 radical (unpaired) electrons. The summed E-state index contributed by atoms with van der Waals surface area (Å²) in [5.74, 6) is -0.616. The first-order valence-electron chi connectivity index (χ1n) is 7.44. The maximum atomic E-state index is 12.7. The Labute approximate surface area is 140 Å². The van der Waals surface area contributed by atoms with Crippen molar-refractivity contribution >= 4 is 23.4 Å². The third kappa shape index (κ3) is 5.11. The first-order chi connectivity index (χ1) is 11.1. The first kappa shape index (κ1) is 17.0. The second kappa shape index (κ2) is 8.34. The number of hydrogen-bond acceptors (Lipinski definition) is 2. The van der Waals surface area contributed by atoms with E-state index in [2.05, 4.69) is 0 Å². The molecule has 2 aromatic carbocycles. The molecule has 0 aromatic heterocycles. The molecule has 0 aliphatic rings. The largest absolute Gasteiger partial charge is 0.370 e. The van der Waals surface area contributed by atoms with E-state index < -0.39 is 5.91 Å². The highest BCUT2D eigenvalue weighted by molar-refractivity contribution is 6.33. The molecule has 0 atom stereocenters. The standard InChI is InChI=1S/C18H19ClN2O2/c19-16-9-5-4-8-15(16)18(23)21(13-11-17(20)22)12-10-14-6-2-1-3-7-14/h1-9H,10-13H2,(H2,20,22). The topological polar surface area (TPSA) is 63.4 Å². The lowest BCUT2D eigenvalue weighted by molar-refractivity contribution is -0.118. The van der Waals surface area contributed by atoms with Gasteiger partial charge in [-0.25, -0.2) is 0 Å². The third-order valence-corrected chi connectivity index (χ3v) is 3.86. The summed E-state index contributed by atoms with van der Waals surface area (Å²) < 4.78 is 0. The van der Waals surface area contributed by atoms with E-state index in [9.17, 15) is 9.59 Å². The summed E-state index contributed by atoms with van der Waals surface area (Å²) in [4.78, 5) is 25.4. The van der Waals surface area contributed by atoms with Gasteiger partial charge in [-0.3, -0.25) is 9.59 Å². The second-order valence-electron chi connectivity index (χ2n) is 5.22. The van der Waals surface area contributed by atoms with Gasteiger partial charge in [0.15, 0.2) is 0 Å². The van der Waals surface area contributed by atoms with Crippen molar-refractivity contribution < 1.29 is 9.59 Å². The molecule has 0 fully saturated rings. The summed E-state index contributed by atoms with van der Waals surface area (Å²) in [6.07, 6.45) is 0.834. The van der Waals surface area contributed by atoms with Crippen LogP contribution >= 0.6 is 11.6 Å². The van der Waals surface area contributed by atoms with Crippen LogP contribution in [-0.4, -0.2) is 29.8 Å². The van der Waals surface area contributed by atoms with E-state index in [-0.39, 0.29) is 18.9 Å². The zero-order valence-electron chi connectivity index (χ0n) is 12.7. The molecule has 0 aliphatic carbocycles. The zero-order valence-corrected chi connectivity index (χ0v) is 13.5. The number of amides is 2. The van der Waals surface area contributed by atoms with Gasteiger partial charge in [0, 0.05) is 19.5 Å². The summed E-state index contributed by atoms with van der Waals surface area (Å²) in [5.41, 5.74) is 6.78. The molecule has 0 aliphatic heterocycles. The van der Waals surface area contributed by atoms with E-state index in [1.165, 1.54) is 0 Å². The summed E-state index contributed by atoms with van der Waals surface area (Å²) in [6, 6.07) is 16.8. The third-order valence-electron chi connectivity index (χ3n) is 3.53. The van der Waals surface area contributed by atoms with Crippen LogP contribution in [-0.2, 0) is 11.2 Å². The van der Waals surface area contributed by atoms with Gasteiger partial charge in [0.2, 0.25) is 5.91 Å². The summed E-state index contributed by atoms with van der Waals surface area (Å²) in [5, 5.41) is 0.404. The Morgan fingerprint density at radius 3 is 2.26 bits per heavy atom. The van der Waals surface area contributed by atoms with Gasteiger partial charge in [-0.2, -0.15) is 0 Å². The molecule has 120 valence electrons. The van der Waals surface area contributed by atoms with Gasteiger partial charge in [-0.05, 0) is 24.1 Å². The lowest BCUT2D eigenvalue weighted by Gasteiger charge is -2.23. The number of primary amides is 1. The van der Waals surface area contributed by atoms with Crippen LogP contribution in [0.25, 0.3) is 0 Å². The number of benzene rings is 2. The Balaban J connectivity index is 2.11. The van der Waals surface area contributed by atoms with Gasteiger partial charge in [-0.15, -0.1) is 0 Å². The lowest BCUT2D eigenvalue weighted by Crippen LogP contribution is -2.35. The fourth-order valence-electron chi connectivity index (χ4n) is 2.27. The van der Waals surface area contributed by atoms with Crippen molar-refractivity contribution in [2.75, 3.05) is 13.1 Å². The summed E-state index contributed by atoms with van der Waals surface area (Å²) in [7, 11) is 0. The fraction of sp³-hybridized carbons (Fsp3) is 0.222. The number of nitrogens with zero attached hydrogens (tertiary/aromatic N) is 1. The van der Waals surface area contributed by atoms with Crippen molar-refractivity contribution in [1.82, 2.24) is 4.90 Å². The number of carbonyl (C=O) groups excluding carboxylic acids is 2. The first-order valence-corrected chi connectivity index (χ1v) is 7.82. The summed E-state index contributed by atoms with van der Waals surface area (Å²) >= 11 is 6.10. The van der Waals surface area contributed by atoms with Gasteiger partial charge >= 0.3 is 0 Å². The molecule has 0 saturated heterocycles. The number of rotatable bonds is 7. The minimum Gasteiger partial charge on any atom is -0.370 e. The van der Waals surface area contributed by atoms with Crippen LogP contribution in [0.4, 0.5) is 0 Å². The Bertz CT molecular complexity index is 674. The predicted molar refractivity (Wildman–Crippen MR) is 91.3 cm³/mol. The molecule has 0 unspecified atom stereocenters. The van der Waals surface area contributed by atoms with E-state index in [4.69, 9.17) is 17.3 Å². The van der Waals surface area contributed by atoms with Crippen molar-refractivity contribution in [3.05, 3.63) is 70.7 Å². The molecule has 4 nitrogen and oxygen atoms in total. The van der Waals surface area contributed by atoms with Crippen molar-refractivity contribution in [3.63, 3.8) is 0 Å². The Kier molecular flexibility index (Phi) is 6.18. The average molecular weight is 331 g/mol. The highest BCUT2D eigenvalue weighted by Gasteiger charge is 2.18. The lowest BCUT2D eigenvalue weighted by atomic mass is 10.1. The second-order valence-corrected chi connectivity index (χ2v) is 5.63. The Hall–Kier alpha value is -2.33.